The van der Waals surface area contributed by atoms with Gasteiger partial charge >= 0.3 is 0 Å². The Labute approximate surface area is 96.0 Å². The van der Waals surface area contributed by atoms with Crippen molar-refractivity contribution in [3.05, 3.63) is 34.6 Å². The highest BCUT2D eigenvalue weighted by atomic mass is 79.9. The highest BCUT2D eigenvalue weighted by Gasteiger charge is 2.07. The van der Waals surface area contributed by atoms with Crippen LogP contribution < -0.4 is 4.74 Å². The Morgan fingerprint density at radius 2 is 2.27 bits per heavy atom. The molecule has 0 aliphatic heterocycles. The van der Waals surface area contributed by atoms with Gasteiger partial charge in [0.2, 0.25) is 11.8 Å². The van der Waals surface area contributed by atoms with Crippen LogP contribution in [0, 0.1) is 6.92 Å². The Balaban J connectivity index is 2.29. The molecule has 0 bridgehead atoms. The van der Waals surface area contributed by atoms with Crippen LogP contribution >= 0.6 is 15.9 Å². The lowest BCUT2D eigenvalue weighted by Crippen LogP contribution is -1.96. The van der Waals surface area contributed by atoms with Gasteiger partial charge in [0, 0.05) is 19.3 Å². The summed E-state index contributed by atoms with van der Waals surface area (Å²) in [4.78, 5) is 4.11. The lowest BCUT2D eigenvalue weighted by Gasteiger charge is -2.05. The molecule has 0 amide bonds. The van der Waals surface area contributed by atoms with Gasteiger partial charge in [-0.3, -0.25) is 0 Å². The van der Waals surface area contributed by atoms with Gasteiger partial charge in [-0.05, 0) is 35.0 Å². The molecule has 4 nitrogen and oxygen atoms in total. The fraction of sp³-hybridized carbons (Fsp3) is 0.200. The number of hydrogen-bond donors (Lipinski definition) is 0. The summed E-state index contributed by atoms with van der Waals surface area (Å²) in [5.74, 6) is 1.22. The number of nitrogens with zero attached hydrogens (tertiary/aromatic N) is 3. The molecule has 0 spiro atoms. The first-order valence-corrected chi connectivity index (χ1v) is 5.25. The first-order valence-electron chi connectivity index (χ1n) is 4.46. The molecule has 0 N–H and O–H groups in total. The molecule has 5 heteroatoms. The SMILES string of the molecule is Cc1cc(Oc2ncccc2Br)n(C)n1. The molecule has 0 saturated carbocycles. The fourth-order valence-corrected chi connectivity index (χ4v) is 1.56. The lowest BCUT2D eigenvalue weighted by atomic mass is 10.5. The summed E-state index contributed by atoms with van der Waals surface area (Å²) in [5.41, 5.74) is 0.916. The molecule has 0 aliphatic carbocycles. The summed E-state index contributed by atoms with van der Waals surface area (Å²) in [7, 11) is 1.83. The maximum absolute atomic E-state index is 5.60. The Hall–Kier alpha value is -1.36. The number of halogens is 1. The molecule has 2 rings (SSSR count). The predicted molar refractivity (Wildman–Crippen MR) is 60.0 cm³/mol. The van der Waals surface area contributed by atoms with E-state index < -0.39 is 0 Å². The van der Waals surface area contributed by atoms with Crippen molar-refractivity contribution in [2.45, 2.75) is 6.92 Å². The molecule has 0 aliphatic rings. The van der Waals surface area contributed by atoms with Crippen LogP contribution in [0.25, 0.3) is 0 Å². The molecule has 0 atom stereocenters. The minimum Gasteiger partial charge on any atom is -0.420 e. The molecule has 78 valence electrons. The third kappa shape index (κ3) is 2.18. The van der Waals surface area contributed by atoms with Crippen LogP contribution in [0.15, 0.2) is 28.9 Å². The number of pyridine rings is 1. The Kier molecular flexibility index (Phi) is 2.73. The van der Waals surface area contributed by atoms with E-state index in [1.54, 1.807) is 10.9 Å². The number of ether oxygens (including phenoxy) is 1. The van der Waals surface area contributed by atoms with Crippen molar-refractivity contribution < 1.29 is 4.74 Å². The van der Waals surface area contributed by atoms with Crippen LogP contribution in [-0.4, -0.2) is 14.8 Å². The number of aromatic nitrogens is 3. The first-order chi connectivity index (χ1) is 7.16. The standard InChI is InChI=1S/C10H10BrN3O/c1-7-6-9(14(2)13-7)15-10-8(11)4-3-5-12-10/h3-6H,1-2H3. The maximum atomic E-state index is 5.60. The van der Waals surface area contributed by atoms with E-state index >= 15 is 0 Å². The molecule has 2 heterocycles. The Morgan fingerprint density at radius 1 is 1.47 bits per heavy atom. The van der Waals surface area contributed by atoms with Gasteiger partial charge in [0.15, 0.2) is 0 Å². The van der Waals surface area contributed by atoms with E-state index in [0.717, 1.165) is 10.2 Å². The van der Waals surface area contributed by atoms with E-state index in [9.17, 15) is 0 Å². The van der Waals surface area contributed by atoms with Crippen LogP contribution in [0.5, 0.6) is 11.8 Å². The number of rotatable bonds is 2. The molecule has 0 aromatic carbocycles. The molecule has 15 heavy (non-hydrogen) atoms. The second-order valence-corrected chi connectivity index (χ2v) is 3.99. The molecule has 2 aromatic heterocycles. The monoisotopic (exact) mass is 267 g/mol. The summed E-state index contributed by atoms with van der Waals surface area (Å²) < 4.78 is 8.10. The highest BCUT2D eigenvalue weighted by Crippen LogP contribution is 2.26. The molecule has 0 fully saturated rings. The van der Waals surface area contributed by atoms with Crippen LogP contribution in [0.1, 0.15) is 5.69 Å². The van der Waals surface area contributed by atoms with Crippen molar-refractivity contribution in [3.63, 3.8) is 0 Å². The lowest BCUT2D eigenvalue weighted by molar-refractivity contribution is 0.413. The van der Waals surface area contributed by atoms with E-state index in [-0.39, 0.29) is 0 Å². The summed E-state index contributed by atoms with van der Waals surface area (Å²) >= 11 is 3.37. The van der Waals surface area contributed by atoms with Crippen molar-refractivity contribution in [3.8, 4) is 11.8 Å². The van der Waals surface area contributed by atoms with Gasteiger partial charge < -0.3 is 4.74 Å². The fourth-order valence-electron chi connectivity index (χ4n) is 1.23. The predicted octanol–water partition coefficient (Wildman–Crippen LogP) is 2.68. The van der Waals surface area contributed by atoms with Gasteiger partial charge in [-0.25, -0.2) is 9.67 Å². The quantitative estimate of drug-likeness (QED) is 0.840. The van der Waals surface area contributed by atoms with Gasteiger partial charge in [-0.2, -0.15) is 5.10 Å². The normalized spacial score (nSPS) is 10.3. The van der Waals surface area contributed by atoms with E-state index in [0.29, 0.717) is 11.8 Å². The Bertz CT molecular complexity index is 481. The smallest absolute Gasteiger partial charge is 0.235 e. The molecular formula is C10H10BrN3O. The van der Waals surface area contributed by atoms with Crippen molar-refractivity contribution in [1.82, 2.24) is 14.8 Å². The topological polar surface area (TPSA) is 39.9 Å². The zero-order valence-corrected chi connectivity index (χ0v) is 10.0. The largest absolute Gasteiger partial charge is 0.420 e. The van der Waals surface area contributed by atoms with Crippen LogP contribution in [0.4, 0.5) is 0 Å². The van der Waals surface area contributed by atoms with Crippen molar-refractivity contribution in [2.75, 3.05) is 0 Å². The third-order valence-electron chi connectivity index (χ3n) is 1.89. The number of hydrogen-bond acceptors (Lipinski definition) is 3. The molecule has 0 saturated heterocycles. The van der Waals surface area contributed by atoms with Crippen molar-refractivity contribution >= 4 is 15.9 Å². The molecule has 0 radical (unpaired) electrons. The minimum absolute atomic E-state index is 0.542. The minimum atomic E-state index is 0.542. The van der Waals surface area contributed by atoms with Gasteiger partial charge in [0.25, 0.3) is 0 Å². The van der Waals surface area contributed by atoms with E-state index in [1.165, 1.54) is 0 Å². The highest BCUT2D eigenvalue weighted by molar-refractivity contribution is 9.10. The van der Waals surface area contributed by atoms with E-state index in [2.05, 4.69) is 26.0 Å². The third-order valence-corrected chi connectivity index (χ3v) is 2.49. The van der Waals surface area contributed by atoms with Crippen LogP contribution in [0.3, 0.4) is 0 Å². The summed E-state index contributed by atoms with van der Waals surface area (Å²) in [6.45, 7) is 1.92. The van der Waals surface area contributed by atoms with Gasteiger partial charge in [-0.15, -0.1) is 0 Å². The average molecular weight is 268 g/mol. The second-order valence-electron chi connectivity index (χ2n) is 3.14. The van der Waals surface area contributed by atoms with Gasteiger partial charge in [-0.1, -0.05) is 0 Å². The summed E-state index contributed by atoms with van der Waals surface area (Å²) in [5, 5.41) is 4.19. The average Bonchev–Trinajstić information content (AvgIpc) is 2.49. The van der Waals surface area contributed by atoms with Gasteiger partial charge in [0.1, 0.15) is 0 Å². The molecular weight excluding hydrogens is 258 g/mol. The second kappa shape index (κ2) is 4.02. The zero-order valence-electron chi connectivity index (χ0n) is 8.44. The summed E-state index contributed by atoms with van der Waals surface area (Å²) in [6.07, 6.45) is 1.68. The van der Waals surface area contributed by atoms with Crippen LogP contribution in [0.2, 0.25) is 0 Å². The zero-order chi connectivity index (χ0) is 10.8. The van der Waals surface area contributed by atoms with E-state index in [1.807, 2.05) is 32.2 Å². The molecule has 2 aromatic rings. The summed E-state index contributed by atoms with van der Waals surface area (Å²) in [6, 6.07) is 5.58. The maximum Gasteiger partial charge on any atom is 0.235 e. The molecule has 0 unspecified atom stereocenters. The number of aryl methyl sites for hydroxylation is 2. The Morgan fingerprint density at radius 3 is 2.87 bits per heavy atom. The van der Waals surface area contributed by atoms with Crippen molar-refractivity contribution in [1.29, 1.82) is 0 Å². The first kappa shape index (κ1) is 10.2. The van der Waals surface area contributed by atoms with Crippen LogP contribution in [-0.2, 0) is 7.05 Å². The van der Waals surface area contributed by atoms with Gasteiger partial charge in [0.05, 0.1) is 10.2 Å². The van der Waals surface area contributed by atoms with Crippen molar-refractivity contribution in [2.24, 2.45) is 7.05 Å². The van der Waals surface area contributed by atoms with E-state index in [4.69, 9.17) is 4.74 Å².